The number of aromatic nitrogens is 1. The average molecular weight is 457 g/mol. The lowest BCUT2D eigenvalue weighted by molar-refractivity contribution is -0.385. The van der Waals surface area contributed by atoms with E-state index < -0.39 is 4.92 Å². The van der Waals surface area contributed by atoms with Crippen LogP contribution in [0.25, 0.3) is 22.6 Å². The zero-order valence-corrected chi connectivity index (χ0v) is 16.5. The highest BCUT2D eigenvalue weighted by atomic mass is 79.9. The van der Waals surface area contributed by atoms with Crippen LogP contribution in [0.5, 0.6) is 0 Å². The molecule has 0 bridgehead atoms. The molecular formula is C20H11BrClN3O3. The minimum absolute atomic E-state index is 0.0113. The Kier molecular flexibility index (Phi) is 4.93. The van der Waals surface area contributed by atoms with Gasteiger partial charge < -0.3 is 4.42 Å². The molecule has 0 N–H and O–H groups in total. The van der Waals surface area contributed by atoms with E-state index in [4.69, 9.17) is 16.0 Å². The fourth-order valence-electron chi connectivity index (χ4n) is 2.64. The number of oxazole rings is 1. The van der Waals surface area contributed by atoms with E-state index in [0.29, 0.717) is 37.7 Å². The van der Waals surface area contributed by atoms with E-state index in [1.807, 2.05) is 24.3 Å². The second-order valence-corrected chi connectivity index (χ2v) is 7.20. The van der Waals surface area contributed by atoms with Crippen LogP contribution in [-0.4, -0.2) is 16.1 Å². The van der Waals surface area contributed by atoms with Crippen molar-refractivity contribution in [2.45, 2.75) is 0 Å². The van der Waals surface area contributed by atoms with Crippen LogP contribution in [0.4, 0.5) is 11.4 Å². The van der Waals surface area contributed by atoms with Gasteiger partial charge in [-0.25, -0.2) is 4.98 Å². The summed E-state index contributed by atoms with van der Waals surface area (Å²) < 4.78 is 6.20. The smallest absolute Gasteiger partial charge is 0.284 e. The molecule has 28 heavy (non-hydrogen) atoms. The van der Waals surface area contributed by atoms with Crippen LogP contribution in [0.3, 0.4) is 0 Å². The molecular weight excluding hydrogens is 446 g/mol. The third kappa shape index (κ3) is 3.81. The summed E-state index contributed by atoms with van der Waals surface area (Å²) in [7, 11) is 0. The minimum Gasteiger partial charge on any atom is -0.436 e. The van der Waals surface area contributed by atoms with Crippen molar-refractivity contribution in [1.29, 1.82) is 0 Å². The first-order valence-corrected chi connectivity index (χ1v) is 9.31. The third-order valence-corrected chi connectivity index (χ3v) is 4.88. The Morgan fingerprint density at radius 1 is 1.14 bits per heavy atom. The number of hydrogen-bond acceptors (Lipinski definition) is 5. The fraction of sp³-hybridized carbons (Fsp3) is 0. The molecule has 0 saturated carbocycles. The highest BCUT2D eigenvalue weighted by molar-refractivity contribution is 9.10. The van der Waals surface area contributed by atoms with E-state index in [1.165, 1.54) is 6.07 Å². The monoisotopic (exact) mass is 455 g/mol. The van der Waals surface area contributed by atoms with Gasteiger partial charge >= 0.3 is 0 Å². The van der Waals surface area contributed by atoms with E-state index in [2.05, 4.69) is 25.9 Å². The standard InChI is InChI=1S/C20H11BrClN3O3/c21-16-6-4-12(8-18(16)25(26)27)11-23-15-3-1-2-13(9-15)20-24-17-10-14(22)5-7-19(17)28-20/h1-11H. The van der Waals surface area contributed by atoms with Crippen LogP contribution >= 0.6 is 27.5 Å². The molecule has 138 valence electrons. The van der Waals surface area contributed by atoms with E-state index in [9.17, 15) is 10.1 Å². The van der Waals surface area contributed by atoms with Crippen LogP contribution in [0.2, 0.25) is 5.02 Å². The van der Waals surface area contributed by atoms with Crippen molar-refractivity contribution in [3.8, 4) is 11.5 Å². The summed E-state index contributed by atoms with van der Waals surface area (Å²) in [5.74, 6) is 0.466. The van der Waals surface area contributed by atoms with Gasteiger partial charge in [-0.05, 0) is 64.0 Å². The van der Waals surface area contributed by atoms with E-state index >= 15 is 0 Å². The summed E-state index contributed by atoms with van der Waals surface area (Å²) in [6, 6.07) is 17.5. The van der Waals surface area contributed by atoms with Crippen molar-refractivity contribution in [2.75, 3.05) is 0 Å². The van der Waals surface area contributed by atoms with Crippen LogP contribution < -0.4 is 0 Å². The molecule has 0 saturated heterocycles. The molecule has 0 atom stereocenters. The minimum atomic E-state index is -0.443. The van der Waals surface area contributed by atoms with Crippen LogP contribution in [0, 0.1) is 10.1 Å². The van der Waals surface area contributed by atoms with Crippen molar-refractivity contribution in [2.24, 2.45) is 4.99 Å². The molecule has 0 fully saturated rings. The van der Waals surface area contributed by atoms with Gasteiger partial charge in [0.15, 0.2) is 5.58 Å². The molecule has 0 amide bonds. The number of halogens is 2. The van der Waals surface area contributed by atoms with Crippen molar-refractivity contribution < 1.29 is 9.34 Å². The lowest BCUT2D eigenvalue weighted by Crippen LogP contribution is -1.91. The Labute approximate surface area is 172 Å². The summed E-state index contributed by atoms with van der Waals surface area (Å²) in [5.41, 5.74) is 3.38. The van der Waals surface area contributed by atoms with E-state index in [1.54, 1.807) is 36.5 Å². The first kappa shape index (κ1) is 18.3. The maximum Gasteiger partial charge on any atom is 0.284 e. The largest absolute Gasteiger partial charge is 0.436 e. The molecule has 3 aromatic carbocycles. The zero-order chi connectivity index (χ0) is 19.7. The zero-order valence-electron chi connectivity index (χ0n) is 14.2. The number of aliphatic imine (C=N–C) groups is 1. The van der Waals surface area contributed by atoms with Gasteiger partial charge in [-0.3, -0.25) is 15.1 Å². The Morgan fingerprint density at radius 2 is 2.00 bits per heavy atom. The highest BCUT2D eigenvalue weighted by Gasteiger charge is 2.12. The highest BCUT2D eigenvalue weighted by Crippen LogP contribution is 2.29. The summed E-state index contributed by atoms with van der Waals surface area (Å²) in [6.07, 6.45) is 1.57. The molecule has 0 aliphatic heterocycles. The van der Waals surface area contributed by atoms with Gasteiger partial charge in [0.05, 0.1) is 15.1 Å². The Hall–Kier alpha value is -3.03. The van der Waals surface area contributed by atoms with Gasteiger partial charge in [-0.15, -0.1) is 0 Å². The second-order valence-electron chi connectivity index (χ2n) is 5.91. The number of nitro benzene ring substituents is 1. The van der Waals surface area contributed by atoms with Crippen molar-refractivity contribution in [3.05, 3.63) is 85.8 Å². The summed E-state index contributed by atoms with van der Waals surface area (Å²) >= 11 is 9.16. The molecule has 0 unspecified atom stereocenters. The van der Waals surface area contributed by atoms with Gasteiger partial charge in [0.1, 0.15) is 5.52 Å². The molecule has 4 rings (SSSR count). The molecule has 4 aromatic rings. The van der Waals surface area contributed by atoms with Crippen LogP contribution in [0.1, 0.15) is 5.56 Å². The summed E-state index contributed by atoms with van der Waals surface area (Å²) in [5, 5.41) is 11.6. The molecule has 6 nitrogen and oxygen atoms in total. The predicted octanol–water partition coefficient (Wildman–Crippen LogP) is 6.57. The first-order valence-electron chi connectivity index (χ1n) is 8.14. The molecule has 8 heteroatoms. The number of rotatable bonds is 4. The fourth-order valence-corrected chi connectivity index (χ4v) is 3.20. The Bertz CT molecular complexity index is 1240. The summed E-state index contributed by atoms with van der Waals surface area (Å²) in [6.45, 7) is 0. The number of hydrogen-bond donors (Lipinski definition) is 0. The normalized spacial score (nSPS) is 11.4. The number of nitrogens with zero attached hydrogens (tertiary/aromatic N) is 3. The van der Waals surface area contributed by atoms with E-state index in [0.717, 1.165) is 5.56 Å². The van der Waals surface area contributed by atoms with Crippen molar-refractivity contribution >= 4 is 56.2 Å². The van der Waals surface area contributed by atoms with Crippen molar-refractivity contribution in [3.63, 3.8) is 0 Å². The van der Waals surface area contributed by atoms with Crippen molar-refractivity contribution in [1.82, 2.24) is 4.98 Å². The molecule has 1 aromatic heterocycles. The maximum absolute atomic E-state index is 11.1. The quantitative estimate of drug-likeness (QED) is 0.197. The van der Waals surface area contributed by atoms with Gasteiger partial charge in [-0.2, -0.15) is 0 Å². The topological polar surface area (TPSA) is 81.5 Å². The SMILES string of the molecule is O=[N+]([O-])c1cc(C=Nc2cccc(-c3nc4cc(Cl)ccc4o3)c2)ccc1Br. The molecule has 0 spiro atoms. The Balaban J connectivity index is 1.64. The number of benzene rings is 3. The van der Waals surface area contributed by atoms with Gasteiger partial charge in [0.2, 0.25) is 5.89 Å². The number of fused-ring (bicyclic) bond motifs is 1. The van der Waals surface area contributed by atoms with Gasteiger partial charge in [-0.1, -0.05) is 23.7 Å². The lowest BCUT2D eigenvalue weighted by atomic mass is 10.2. The van der Waals surface area contributed by atoms with E-state index in [-0.39, 0.29) is 5.69 Å². The maximum atomic E-state index is 11.1. The van der Waals surface area contributed by atoms with Crippen LogP contribution in [-0.2, 0) is 0 Å². The average Bonchev–Trinajstić information content (AvgIpc) is 3.10. The lowest BCUT2D eigenvalue weighted by Gasteiger charge is -1.99. The Morgan fingerprint density at radius 3 is 2.82 bits per heavy atom. The molecule has 0 aliphatic rings. The molecule has 0 aliphatic carbocycles. The molecule has 0 radical (unpaired) electrons. The predicted molar refractivity (Wildman–Crippen MR) is 113 cm³/mol. The van der Waals surface area contributed by atoms with Gasteiger partial charge in [0.25, 0.3) is 5.69 Å². The van der Waals surface area contributed by atoms with Crippen LogP contribution in [0.15, 0.2) is 74.5 Å². The molecule has 1 heterocycles. The first-order chi connectivity index (χ1) is 13.5. The summed E-state index contributed by atoms with van der Waals surface area (Å²) in [4.78, 5) is 19.5. The third-order valence-electron chi connectivity index (χ3n) is 3.97. The number of nitro groups is 1. The van der Waals surface area contributed by atoms with Gasteiger partial charge in [0, 0.05) is 22.9 Å². The second kappa shape index (κ2) is 7.53.